The molecule has 0 saturated heterocycles. The van der Waals surface area contributed by atoms with Gasteiger partial charge in [0.2, 0.25) is 11.8 Å². The first-order chi connectivity index (χ1) is 14.2. The lowest BCUT2D eigenvalue weighted by molar-refractivity contribution is -0.121. The third-order valence-electron chi connectivity index (χ3n) is 4.93. The number of oxazole rings is 1. The van der Waals surface area contributed by atoms with E-state index in [1.165, 1.54) is 19.3 Å². The molecule has 0 atom stereocenters. The maximum atomic E-state index is 12.1. The quantitative estimate of drug-likeness (QED) is 0.470. The zero-order valence-corrected chi connectivity index (χ0v) is 17.1. The molecule has 1 heterocycles. The van der Waals surface area contributed by atoms with E-state index in [4.69, 9.17) is 4.42 Å². The number of nitrogens with one attached hydrogen (secondary N) is 3. The summed E-state index contributed by atoms with van der Waals surface area (Å²) < 4.78 is 5.55. The van der Waals surface area contributed by atoms with Crippen LogP contribution in [0.3, 0.4) is 0 Å². The minimum Gasteiger partial charge on any atom is -0.444 e. The molecule has 1 amide bonds. The van der Waals surface area contributed by atoms with Gasteiger partial charge in [0.05, 0.1) is 6.54 Å². The van der Waals surface area contributed by atoms with E-state index in [0.29, 0.717) is 37.4 Å². The minimum absolute atomic E-state index is 0.101. The van der Waals surface area contributed by atoms with E-state index in [1.54, 1.807) is 6.26 Å². The summed E-state index contributed by atoms with van der Waals surface area (Å²) in [5.41, 5.74) is 1.70. The standard InChI is InChI=1S/C22H31N5O2/c1-2-23-22(24-14-13-20(28)26-18-11-7-4-8-12-18)25-15-19-16-29-21(27-19)17-9-5-3-6-10-17/h3,5-6,9-10,16,18H,2,4,7-8,11-15H2,1H3,(H,26,28)(H2,23,24,25). The zero-order valence-electron chi connectivity index (χ0n) is 17.1. The maximum Gasteiger partial charge on any atom is 0.226 e. The molecule has 3 rings (SSSR count). The Morgan fingerprint density at radius 1 is 1.17 bits per heavy atom. The van der Waals surface area contributed by atoms with Crippen molar-refractivity contribution in [2.24, 2.45) is 4.99 Å². The molecule has 0 bridgehead atoms. The van der Waals surface area contributed by atoms with E-state index < -0.39 is 0 Å². The average molecular weight is 398 g/mol. The highest BCUT2D eigenvalue weighted by molar-refractivity contribution is 5.81. The van der Waals surface area contributed by atoms with Crippen LogP contribution in [0.15, 0.2) is 46.0 Å². The number of hydrogen-bond donors (Lipinski definition) is 3. The van der Waals surface area contributed by atoms with Crippen LogP contribution < -0.4 is 16.0 Å². The van der Waals surface area contributed by atoms with Crippen molar-refractivity contribution in [1.29, 1.82) is 0 Å². The van der Waals surface area contributed by atoms with Gasteiger partial charge in [-0.2, -0.15) is 0 Å². The molecule has 7 nitrogen and oxygen atoms in total. The van der Waals surface area contributed by atoms with E-state index in [1.807, 2.05) is 37.3 Å². The second-order valence-corrected chi connectivity index (χ2v) is 7.28. The van der Waals surface area contributed by atoms with Gasteiger partial charge in [-0.05, 0) is 31.9 Å². The lowest BCUT2D eigenvalue weighted by atomic mass is 9.95. The van der Waals surface area contributed by atoms with Gasteiger partial charge < -0.3 is 20.4 Å². The van der Waals surface area contributed by atoms with E-state index in [9.17, 15) is 4.79 Å². The van der Waals surface area contributed by atoms with Gasteiger partial charge in [0.1, 0.15) is 12.0 Å². The summed E-state index contributed by atoms with van der Waals surface area (Å²) in [7, 11) is 0. The average Bonchev–Trinajstić information content (AvgIpc) is 3.22. The topological polar surface area (TPSA) is 91.6 Å². The summed E-state index contributed by atoms with van der Waals surface area (Å²) in [5, 5.41) is 9.55. The summed E-state index contributed by atoms with van der Waals surface area (Å²) in [5.74, 6) is 1.36. The molecule has 7 heteroatoms. The first kappa shape index (κ1) is 20.9. The van der Waals surface area contributed by atoms with Crippen LogP contribution in [0.1, 0.15) is 51.1 Å². The number of nitrogens with zero attached hydrogens (tertiary/aromatic N) is 2. The van der Waals surface area contributed by atoms with Crippen LogP contribution in [0.2, 0.25) is 0 Å². The Morgan fingerprint density at radius 3 is 2.72 bits per heavy atom. The van der Waals surface area contributed by atoms with Crippen LogP contribution in [-0.4, -0.2) is 36.0 Å². The number of guanidine groups is 1. The Labute approximate surface area is 172 Å². The maximum absolute atomic E-state index is 12.1. The minimum atomic E-state index is 0.101. The molecule has 1 saturated carbocycles. The summed E-state index contributed by atoms with van der Waals surface area (Å²) in [6.07, 6.45) is 7.99. The number of amides is 1. The summed E-state index contributed by atoms with van der Waals surface area (Å²) >= 11 is 0. The van der Waals surface area contributed by atoms with Crippen molar-refractivity contribution in [3.63, 3.8) is 0 Å². The normalized spacial score (nSPS) is 15.1. The highest BCUT2D eigenvalue weighted by Crippen LogP contribution is 2.18. The fraction of sp³-hybridized carbons (Fsp3) is 0.500. The molecule has 3 N–H and O–H groups in total. The van der Waals surface area contributed by atoms with Gasteiger partial charge >= 0.3 is 0 Å². The van der Waals surface area contributed by atoms with Crippen molar-refractivity contribution in [3.05, 3.63) is 42.3 Å². The van der Waals surface area contributed by atoms with Gasteiger partial charge in [-0.15, -0.1) is 0 Å². The summed E-state index contributed by atoms with van der Waals surface area (Å²) in [6.45, 7) is 3.70. The molecular formula is C22H31N5O2. The van der Waals surface area contributed by atoms with Crippen LogP contribution in [0.25, 0.3) is 11.5 Å². The third-order valence-corrected chi connectivity index (χ3v) is 4.93. The largest absolute Gasteiger partial charge is 0.444 e. The lowest BCUT2D eigenvalue weighted by Gasteiger charge is -2.22. The van der Waals surface area contributed by atoms with E-state index >= 15 is 0 Å². The molecule has 0 radical (unpaired) electrons. The molecular weight excluding hydrogens is 366 g/mol. The predicted molar refractivity (Wildman–Crippen MR) is 114 cm³/mol. The van der Waals surface area contributed by atoms with Crippen molar-refractivity contribution in [2.75, 3.05) is 13.1 Å². The molecule has 1 fully saturated rings. The SMILES string of the molecule is CCNC(=NCc1coc(-c2ccccc2)n1)NCCC(=O)NC1CCCCC1. The number of carbonyl (C=O) groups excluding carboxylic acids is 1. The van der Waals surface area contributed by atoms with E-state index in [-0.39, 0.29) is 5.91 Å². The number of carbonyl (C=O) groups is 1. The number of rotatable bonds is 8. The molecule has 156 valence electrons. The molecule has 2 aromatic rings. The van der Waals surface area contributed by atoms with Crippen LogP contribution in [0.4, 0.5) is 0 Å². The highest BCUT2D eigenvalue weighted by atomic mass is 16.3. The van der Waals surface area contributed by atoms with Crippen LogP contribution in [0, 0.1) is 0 Å². The van der Waals surface area contributed by atoms with Gasteiger partial charge in [0.15, 0.2) is 5.96 Å². The molecule has 0 aliphatic heterocycles. The number of hydrogen-bond acceptors (Lipinski definition) is 4. The van der Waals surface area contributed by atoms with Crippen molar-refractivity contribution in [3.8, 4) is 11.5 Å². The number of benzene rings is 1. The van der Waals surface area contributed by atoms with Gasteiger partial charge in [-0.25, -0.2) is 9.98 Å². The Bertz CT molecular complexity index is 782. The van der Waals surface area contributed by atoms with Gasteiger partial charge in [0.25, 0.3) is 0 Å². The van der Waals surface area contributed by atoms with Gasteiger partial charge in [0, 0.05) is 31.1 Å². The Balaban J connectivity index is 1.45. The lowest BCUT2D eigenvalue weighted by Crippen LogP contribution is -2.41. The molecule has 1 aromatic heterocycles. The smallest absolute Gasteiger partial charge is 0.226 e. The van der Waals surface area contributed by atoms with E-state index in [2.05, 4.69) is 25.9 Å². The molecule has 1 aliphatic rings. The van der Waals surface area contributed by atoms with Crippen molar-refractivity contribution >= 4 is 11.9 Å². The van der Waals surface area contributed by atoms with Crippen LogP contribution in [-0.2, 0) is 11.3 Å². The number of aliphatic imine (C=N–C) groups is 1. The third kappa shape index (κ3) is 6.93. The Kier molecular flexibility index (Phi) is 8.10. The van der Waals surface area contributed by atoms with Crippen LogP contribution >= 0.6 is 0 Å². The second-order valence-electron chi connectivity index (χ2n) is 7.28. The van der Waals surface area contributed by atoms with Gasteiger partial charge in [-0.1, -0.05) is 37.5 Å². The Hall–Kier alpha value is -2.83. The summed E-state index contributed by atoms with van der Waals surface area (Å²) in [6, 6.07) is 10.1. The predicted octanol–water partition coefficient (Wildman–Crippen LogP) is 3.24. The molecule has 0 unspecified atom stereocenters. The van der Waals surface area contributed by atoms with Crippen LogP contribution in [0.5, 0.6) is 0 Å². The zero-order chi connectivity index (χ0) is 20.3. The highest BCUT2D eigenvalue weighted by Gasteiger charge is 2.15. The fourth-order valence-electron chi connectivity index (χ4n) is 3.44. The van der Waals surface area contributed by atoms with Crippen molar-refractivity contribution < 1.29 is 9.21 Å². The first-order valence-corrected chi connectivity index (χ1v) is 10.6. The first-order valence-electron chi connectivity index (χ1n) is 10.6. The molecule has 1 aromatic carbocycles. The molecule has 0 spiro atoms. The fourth-order valence-corrected chi connectivity index (χ4v) is 3.44. The molecule has 1 aliphatic carbocycles. The van der Waals surface area contributed by atoms with Gasteiger partial charge in [-0.3, -0.25) is 4.79 Å². The van der Waals surface area contributed by atoms with E-state index in [0.717, 1.165) is 30.6 Å². The monoisotopic (exact) mass is 397 g/mol. The number of aromatic nitrogens is 1. The van der Waals surface area contributed by atoms with Crippen molar-refractivity contribution in [1.82, 2.24) is 20.9 Å². The summed E-state index contributed by atoms with van der Waals surface area (Å²) in [4.78, 5) is 21.2. The Morgan fingerprint density at radius 2 is 1.97 bits per heavy atom. The van der Waals surface area contributed by atoms with Crippen molar-refractivity contribution in [2.45, 2.75) is 58.0 Å². The second kappa shape index (κ2) is 11.2. The molecule has 29 heavy (non-hydrogen) atoms.